The van der Waals surface area contributed by atoms with Crippen molar-refractivity contribution in [3.63, 3.8) is 0 Å². The fourth-order valence-electron chi connectivity index (χ4n) is 1.29. The average molecular weight is 269 g/mol. The van der Waals surface area contributed by atoms with Crippen LogP contribution in [0.25, 0.3) is 0 Å². The second-order valence-corrected chi connectivity index (χ2v) is 10.1. The molecule has 0 aliphatic heterocycles. The lowest BCUT2D eigenvalue weighted by molar-refractivity contribution is 0.579. The summed E-state index contributed by atoms with van der Waals surface area (Å²) < 4.78 is 11.6. The molecule has 1 nitrogen and oxygen atoms in total. The smallest absolute Gasteiger partial charge is 0.147 e. The molecule has 0 N–H and O–H groups in total. The number of hydrogen-bond acceptors (Lipinski definition) is 1. The topological polar surface area (TPSA) is 17.1 Å². The maximum Gasteiger partial charge on any atom is 0.147 e. The van der Waals surface area contributed by atoms with Crippen LogP contribution in [0.4, 0.5) is 0 Å². The molecule has 1 unspecified atom stereocenters. The summed E-state index contributed by atoms with van der Waals surface area (Å²) in [5.74, 6) is -1.92. The summed E-state index contributed by atoms with van der Waals surface area (Å²) in [5.41, 5.74) is 0. The third kappa shape index (κ3) is 9.02. The predicted molar refractivity (Wildman–Crippen MR) is 65.3 cm³/mol. The number of unbranched alkanes of at least 4 members (excludes halogenated alkanes) is 5. The van der Waals surface area contributed by atoms with Crippen LogP contribution in [-0.4, -0.2) is 12.3 Å². The summed E-state index contributed by atoms with van der Waals surface area (Å²) in [6.07, 6.45) is 9.35. The monoisotopic (exact) mass is 268 g/mol. The second-order valence-electron chi connectivity index (χ2n) is 3.60. The van der Waals surface area contributed by atoms with E-state index in [2.05, 4.69) is 22.4 Å². The molecular weight excluding hydrogens is 247 g/mol. The van der Waals surface area contributed by atoms with Crippen molar-refractivity contribution in [1.82, 2.24) is 0 Å². The van der Waals surface area contributed by atoms with E-state index in [4.69, 9.17) is 0 Å². The number of hydrogen-bond donors (Lipinski definition) is 0. The van der Waals surface area contributed by atoms with E-state index in [-0.39, 0.29) is 0 Å². The summed E-state index contributed by atoms with van der Waals surface area (Å²) in [6, 6.07) is 0. The van der Waals surface area contributed by atoms with E-state index in [1.165, 1.54) is 32.1 Å². The molecule has 0 fully saturated rings. The van der Waals surface area contributed by atoms with Crippen molar-refractivity contribution in [2.24, 2.45) is 0 Å². The minimum Gasteiger partial charge on any atom is -0.312 e. The molecule has 0 heterocycles. The first-order valence-corrected chi connectivity index (χ1v) is 9.49. The molecule has 0 aromatic rings. The Balaban J connectivity index is 3.21. The number of rotatable bonds is 8. The molecule has 0 aliphatic carbocycles. The van der Waals surface area contributed by atoms with Crippen molar-refractivity contribution in [3.05, 3.63) is 0 Å². The molecular formula is C10H22BrOP. The van der Waals surface area contributed by atoms with Crippen molar-refractivity contribution >= 4 is 21.3 Å². The van der Waals surface area contributed by atoms with Crippen molar-refractivity contribution in [2.45, 2.75) is 52.4 Å². The average Bonchev–Trinajstić information content (AvgIpc) is 2.11. The van der Waals surface area contributed by atoms with Crippen LogP contribution in [0, 0.1) is 0 Å². The van der Waals surface area contributed by atoms with Crippen LogP contribution in [-0.2, 0) is 4.57 Å². The Morgan fingerprint density at radius 2 is 1.54 bits per heavy atom. The zero-order chi connectivity index (χ0) is 10.2. The molecule has 3 heteroatoms. The van der Waals surface area contributed by atoms with E-state index in [0.717, 1.165) is 18.7 Å². The Hall–Kier alpha value is 0.710. The van der Waals surface area contributed by atoms with Gasteiger partial charge in [-0.1, -0.05) is 46.0 Å². The van der Waals surface area contributed by atoms with Gasteiger partial charge < -0.3 is 4.57 Å². The molecule has 0 saturated heterocycles. The Kier molecular flexibility index (Phi) is 8.49. The quantitative estimate of drug-likeness (QED) is 0.445. The van der Waals surface area contributed by atoms with Crippen molar-refractivity contribution in [2.75, 3.05) is 12.3 Å². The molecule has 0 saturated carbocycles. The Morgan fingerprint density at radius 1 is 1.00 bits per heavy atom. The van der Waals surface area contributed by atoms with Crippen LogP contribution < -0.4 is 0 Å². The van der Waals surface area contributed by atoms with E-state index < -0.39 is 5.84 Å². The largest absolute Gasteiger partial charge is 0.312 e. The SMILES string of the molecule is CCCCCCCCP(=O)(Br)CC. The molecule has 0 rings (SSSR count). The van der Waals surface area contributed by atoms with Crippen LogP contribution in [0.1, 0.15) is 52.4 Å². The third-order valence-electron chi connectivity index (χ3n) is 2.32. The third-order valence-corrected chi connectivity index (χ3v) is 6.81. The molecule has 0 bridgehead atoms. The molecule has 0 aromatic carbocycles. The van der Waals surface area contributed by atoms with E-state index in [0.29, 0.717) is 0 Å². The van der Waals surface area contributed by atoms with Gasteiger partial charge in [0, 0.05) is 12.3 Å². The normalized spacial score (nSPS) is 15.6. The first kappa shape index (κ1) is 13.7. The molecule has 0 aliphatic rings. The van der Waals surface area contributed by atoms with Gasteiger partial charge in [-0.3, -0.25) is 0 Å². The van der Waals surface area contributed by atoms with Gasteiger partial charge in [0.1, 0.15) is 5.84 Å². The van der Waals surface area contributed by atoms with Gasteiger partial charge in [0.05, 0.1) is 0 Å². The first-order valence-electron chi connectivity index (χ1n) is 5.40. The summed E-state index contributed by atoms with van der Waals surface area (Å²) in [4.78, 5) is 0. The Labute approximate surface area is 90.8 Å². The predicted octanol–water partition coefficient (Wildman–Crippen LogP) is 5.04. The summed E-state index contributed by atoms with van der Waals surface area (Å²) in [6.45, 7) is 4.22. The lowest BCUT2D eigenvalue weighted by Gasteiger charge is -2.07. The molecule has 0 radical (unpaired) electrons. The van der Waals surface area contributed by atoms with Gasteiger partial charge in [-0.25, -0.2) is 0 Å². The van der Waals surface area contributed by atoms with E-state index in [1.54, 1.807) is 0 Å². The molecule has 0 aromatic heterocycles. The Morgan fingerprint density at radius 3 is 2.08 bits per heavy atom. The summed E-state index contributed by atoms with van der Waals surface area (Å²) >= 11 is 3.32. The van der Waals surface area contributed by atoms with Gasteiger partial charge in [0.2, 0.25) is 0 Å². The van der Waals surface area contributed by atoms with Crippen molar-refractivity contribution in [1.29, 1.82) is 0 Å². The van der Waals surface area contributed by atoms with Crippen molar-refractivity contribution in [3.8, 4) is 0 Å². The molecule has 0 spiro atoms. The van der Waals surface area contributed by atoms with Gasteiger partial charge in [0.25, 0.3) is 0 Å². The second kappa shape index (κ2) is 8.05. The van der Waals surface area contributed by atoms with E-state index in [1.807, 2.05) is 6.92 Å². The van der Waals surface area contributed by atoms with Crippen LogP contribution in [0.5, 0.6) is 0 Å². The zero-order valence-electron chi connectivity index (χ0n) is 8.89. The first-order chi connectivity index (χ1) is 6.12. The maximum absolute atomic E-state index is 11.6. The van der Waals surface area contributed by atoms with Crippen molar-refractivity contribution < 1.29 is 4.57 Å². The minimum absolute atomic E-state index is 0.794. The lowest BCUT2D eigenvalue weighted by Crippen LogP contribution is -1.87. The van der Waals surface area contributed by atoms with Gasteiger partial charge in [-0.05, 0) is 21.9 Å². The highest BCUT2D eigenvalue weighted by molar-refractivity contribution is 9.40. The molecule has 13 heavy (non-hydrogen) atoms. The highest BCUT2D eigenvalue weighted by Gasteiger charge is 2.12. The Bertz CT molecular complexity index is 159. The minimum atomic E-state index is -1.92. The highest BCUT2D eigenvalue weighted by atomic mass is 79.9. The zero-order valence-corrected chi connectivity index (χ0v) is 11.4. The van der Waals surface area contributed by atoms with Gasteiger partial charge in [-0.15, -0.1) is 0 Å². The van der Waals surface area contributed by atoms with Crippen LogP contribution >= 0.6 is 21.3 Å². The molecule has 80 valence electrons. The fourth-order valence-corrected chi connectivity index (χ4v) is 3.05. The number of halogens is 1. The molecule has 0 amide bonds. The molecule has 1 atom stereocenters. The highest BCUT2D eigenvalue weighted by Crippen LogP contribution is 2.53. The lowest BCUT2D eigenvalue weighted by atomic mass is 10.1. The van der Waals surface area contributed by atoms with Gasteiger partial charge in [-0.2, -0.15) is 0 Å². The maximum atomic E-state index is 11.6. The summed E-state index contributed by atoms with van der Waals surface area (Å²) in [7, 11) is 0. The van der Waals surface area contributed by atoms with E-state index >= 15 is 0 Å². The standard InChI is InChI=1S/C10H22BrOP/c1-3-5-6-7-8-9-10-13(11,12)4-2/h3-10H2,1-2H3. The van der Waals surface area contributed by atoms with Crippen LogP contribution in [0.15, 0.2) is 0 Å². The fraction of sp³-hybridized carbons (Fsp3) is 1.00. The van der Waals surface area contributed by atoms with Crippen LogP contribution in [0.3, 0.4) is 0 Å². The van der Waals surface area contributed by atoms with Gasteiger partial charge >= 0.3 is 0 Å². The van der Waals surface area contributed by atoms with Crippen LogP contribution in [0.2, 0.25) is 0 Å². The van der Waals surface area contributed by atoms with E-state index in [9.17, 15) is 4.57 Å². The summed E-state index contributed by atoms with van der Waals surface area (Å²) in [5, 5.41) is 0. The van der Waals surface area contributed by atoms with Gasteiger partial charge in [0.15, 0.2) is 0 Å².